The molecule has 0 N–H and O–H groups in total. The molecule has 0 spiro atoms. The molecule has 2 rings (SSSR count). The molecule has 0 aliphatic heterocycles. The lowest BCUT2D eigenvalue weighted by Crippen LogP contribution is -2.28. The maximum Gasteiger partial charge on any atom is 0.250 e. The molecule has 0 aliphatic carbocycles. The molecule has 1 amide bonds. The minimum atomic E-state index is -0.0950. The molecule has 0 atom stereocenters. The van der Waals surface area contributed by atoms with Gasteiger partial charge in [0.25, 0.3) is 5.91 Å². The van der Waals surface area contributed by atoms with Gasteiger partial charge in [-0.25, -0.2) is 0 Å². The van der Waals surface area contributed by atoms with Crippen molar-refractivity contribution in [3.8, 4) is 17.2 Å². The van der Waals surface area contributed by atoms with Crippen molar-refractivity contribution in [1.82, 2.24) is 0 Å². The highest BCUT2D eigenvalue weighted by Gasteiger charge is 2.13. The van der Waals surface area contributed by atoms with E-state index in [-0.39, 0.29) is 5.91 Å². The average molecular weight is 341 g/mol. The van der Waals surface area contributed by atoms with Crippen LogP contribution in [0.4, 0.5) is 5.69 Å². The summed E-state index contributed by atoms with van der Waals surface area (Å²) in [7, 11) is 4.67. The second-order valence-corrected chi connectivity index (χ2v) is 5.21. The Bertz CT molecular complexity index is 716. The third-order valence-corrected chi connectivity index (χ3v) is 3.76. The lowest BCUT2D eigenvalue weighted by atomic mass is 10.1. The Kier molecular flexibility index (Phi) is 6.46. The minimum absolute atomic E-state index is 0.0950. The molecule has 0 unspecified atom stereocenters. The molecule has 0 fully saturated rings. The molecule has 25 heavy (non-hydrogen) atoms. The van der Waals surface area contributed by atoms with Gasteiger partial charge in [-0.1, -0.05) is 18.2 Å². The van der Waals surface area contributed by atoms with Crippen LogP contribution in [0.2, 0.25) is 0 Å². The Balaban J connectivity index is 2.27. The molecule has 0 radical (unpaired) electrons. The number of methoxy groups -OCH3 is 3. The Morgan fingerprint density at radius 1 is 1.00 bits per heavy atom. The van der Waals surface area contributed by atoms with Crippen LogP contribution in [-0.4, -0.2) is 33.8 Å². The van der Waals surface area contributed by atoms with E-state index in [0.717, 1.165) is 11.3 Å². The molecule has 0 saturated carbocycles. The number of carbonyl (C=O) groups excluding carboxylic acids is 1. The van der Waals surface area contributed by atoms with Gasteiger partial charge in [-0.2, -0.15) is 0 Å². The van der Waals surface area contributed by atoms with E-state index < -0.39 is 0 Å². The summed E-state index contributed by atoms with van der Waals surface area (Å²) in [5.74, 6) is 1.52. The zero-order chi connectivity index (χ0) is 18.2. The van der Waals surface area contributed by atoms with Crippen molar-refractivity contribution in [2.75, 3.05) is 32.8 Å². The van der Waals surface area contributed by atoms with Gasteiger partial charge in [-0.3, -0.25) is 4.79 Å². The summed E-state index contributed by atoms with van der Waals surface area (Å²) in [5, 5.41) is 0. The Hall–Kier alpha value is -2.95. The summed E-state index contributed by atoms with van der Waals surface area (Å²) in [6, 6.07) is 13.2. The molecule has 0 aliphatic rings. The van der Waals surface area contributed by atoms with Gasteiger partial charge in [-0.05, 0) is 42.8 Å². The Morgan fingerprint density at radius 2 is 1.60 bits per heavy atom. The number of hydrogen-bond donors (Lipinski definition) is 0. The Labute approximate surface area is 148 Å². The normalized spacial score (nSPS) is 10.6. The number of benzene rings is 2. The molecular formula is C20H23NO4. The topological polar surface area (TPSA) is 48.0 Å². The summed E-state index contributed by atoms with van der Waals surface area (Å²) in [5.41, 5.74) is 1.65. The number of rotatable bonds is 7. The molecule has 0 heterocycles. The lowest BCUT2D eigenvalue weighted by Gasteiger charge is -2.19. The van der Waals surface area contributed by atoms with Crippen LogP contribution >= 0.6 is 0 Å². The first-order valence-corrected chi connectivity index (χ1v) is 7.99. The van der Waals surface area contributed by atoms with E-state index in [9.17, 15) is 4.79 Å². The quantitative estimate of drug-likeness (QED) is 0.719. The molecule has 2 aromatic rings. The first kappa shape index (κ1) is 18.4. The standard InChI is InChI=1S/C20H23NO4/c1-5-21(16-9-7-6-8-10-16)19(22)12-11-15-13-17(23-2)20(25-4)18(14-15)24-3/h6-14H,5H2,1-4H3/b12-11+. The van der Waals surface area contributed by atoms with Gasteiger partial charge in [0.1, 0.15) is 0 Å². The second kappa shape index (κ2) is 8.78. The minimum Gasteiger partial charge on any atom is -0.493 e. The van der Waals surface area contributed by atoms with E-state index in [1.54, 1.807) is 44.4 Å². The van der Waals surface area contributed by atoms with Crippen molar-refractivity contribution in [2.45, 2.75) is 6.92 Å². The summed E-state index contributed by atoms with van der Waals surface area (Å²) in [4.78, 5) is 14.2. The van der Waals surface area contributed by atoms with Crippen molar-refractivity contribution >= 4 is 17.7 Å². The number of amides is 1. The fourth-order valence-corrected chi connectivity index (χ4v) is 2.53. The van der Waals surface area contributed by atoms with Gasteiger partial charge in [0.2, 0.25) is 5.75 Å². The van der Waals surface area contributed by atoms with Crippen molar-refractivity contribution in [3.63, 3.8) is 0 Å². The van der Waals surface area contributed by atoms with Crippen LogP contribution < -0.4 is 19.1 Å². The predicted molar refractivity (Wildman–Crippen MR) is 99.6 cm³/mol. The highest BCUT2D eigenvalue weighted by atomic mass is 16.5. The summed E-state index contributed by atoms with van der Waals surface area (Å²) in [6.07, 6.45) is 3.27. The van der Waals surface area contributed by atoms with Crippen molar-refractivity contribution in [3.05, 3.63) is 54.1 Å². The maximum absolute atomic E-state index is 12.5. The Morgan fingerprint density at radius 3 is 2.08 bits per heavy atom. The monoisotopic (exact) mass is 341 g/mol. The van der Waals surface area contributed by atoms with Crippen LogP contribution in [0.15, 0.2) is 48.5 Å². The van der Waals surface area contributed by atoms with Gasteiger partial charge in [0.05, 0.1) is 21.3 Å². The number of hydrogen-bond acceptors (Lipinski definition) is 4. The van der Waals surface area contributed by atoms with Gasteiger partial charge in [-0.15, -0.1) is 0 Å². The number of anilines is 1. The van der Waals surface area contributed by atoms with Crippen LogP contribution in [0.3, 0.4) is 0 Å². The average Bonchev–Trinajstić information content (AvgIpc) is 2.66. The van der Waals surface area contributed by atoms with Gasteiger partial charge in [0, 0.05) is 18.3 Å². The third-order valence-electron chi connectivity index (χ3n) is 3.76. The third kappa shape index (κ3) is 4.32. The van der Waals surface area contributed by atoms with Crippen LogP contribution in [0.1, 0.15) is 12.5 Å². The SMILES string of the molecule is CCN(C(=O)/C=C/c1cc(OC)c(OC)c(OC)c1)c1ccccc1. The van der Waals surface area contributed by atoms with E-state index in [2.05, 4.69) is 0 Å². The maximum atomic E-state index is 12.5. The molecular weight excluding hydrogens is 318 g/mol. The second-order valence-electron chi connectivity index (χ2n) is 5.21. The van der Waals surface area contributed by atoms with Crippen molar-refractivity contribution in [2.24, 2.45) is 0 Å². The molecule has 0 aromatic heterocycles. The summed E-state index contributed by atoms with van der Waals surface area (Å²) in [6.45, 7) is 2.53. The van der Waals surface area contributed by atoms with Gasteiger partial charge in [0.15, 0.2) is 11.5 Å². The number of para-hydroxylation sites is 1. The van der Waals surface area contributed by atoms with Gasteiger partial charge < -0.3 is 19.1 Å². The first-order chi connectivity index (χ1) is 12.1. The first-order valence-electron chi connectivity index (χ1n) is 7.99. The number of likely N-dealkylation sites (N-methyl/N-ethyl adjacent to an activating group) is 1. The highest BCUT2D eigenvalue weighted by molar-refractivity contribution is 6.03. The number of carbonyl (C=O) groups is 1. The molecule has 0 saturated heterocycles. The van der Waals surface area contributed by atoms with Gasteiger partial charge >= 0.3 is 0 Å². The van der Waals surface area contributed by atoms with E-state index in [1.807, 2.05) is 37.3 Å². The smallest absolute Gasteiger partial charge is 0.250 e. The molecule has 0 bridgehead atoms. The zero-order valence-corrected chi connectivity index (χ0v) is 15.0. The molecule has 5 nitrogen and oxygen atoms in total. The summed E-state index contributed by atoms with van der Waals surface area (Å²) >= 11 is 0. The number of ether oxygens (including phenoxy) is 3. The van der Waals surface area contributed by atoms with E-state index in [0.29, 0.717) is 23.8 Å². The molecule has 2 aromatic carbocycles. The van der Waals surface area contributed by atoms with E-state index >= 15 is 0 Å². The molecule has 132 valence electrons. The zero-order valence-electron chi connectivity index (χ0n) is 15.0. The van der Waals surface area contributed by atoms with Crippen LogP contribution in [0, 0.1) is 0 Å². The largest absolute Gasteiger partial charge is 0.493 e. The highest BCUT2D eigenvalue weighted by Crippen LogP contribution is 2.38. The van der Waals surface area contributed by atoms with Crippen LogP contribution in [0.25, 0.3) is 6.08 Å². The summed E-state index contributed by atoms with van der Waals surface area (Å²) < 4.78 is 16.0. The fraction of sp³-hybridized carbons (Fsp3) is 0.250. The van der Waals surface area contributed by atoms with Crippen LogP contribution in [0.5, 0.6) is 17.2 Å². The fourth-order valence-electron chi connectivity index (χ4n) is 2.53. The van der Waals surface area contributed by atoms with Crippen LogP contribution in [-0.2, 0) is 4.79 Å². The van der Waals surface area contributed by atoms with Crippen molar-refractivity contribution in [1.29, 1.82) is 0 Å². The van der Waals surface area contributed by atoms with Crippen molar-refractivity contribution < 1.29 is 19.0 Å². The molecule has 5 heteroatoms. The van der Waals surface area contributed by atoms with E-state index in [1.165, 1.54) is 6.08 Å². The predicted octanol–water partition coefficient (Wildman–Crippen LogP) is 3.78. The number of nitrogens with zero attached hydrogens (tertiary/aromatic N) is 1. The lowest BCUT2D eigenvalue weighted by molar-refractivity contribution is -0.114. The van der Waals surface area contributed by atoms with E-state index in [4.69, 9.17) is 14.2 Å².